The molecule has 146 valence electrons. The molecule has 0 aliphatic carbocycles. The van der Waals surface area contributed by atoms with E-state index in [1.54, 1.807) is 31.2 Å². The Labute approximate surface area is 176 Å². The van der Waals surface area contributed by atoms with Crippen LogP contribution in [0.25, 0.3) is 10.9 Å². The van der Waals surface area contributed by atoms with Crippen LogP contribution in [0, 0.1) is 0 Å². The molecule has 0 fully saturated rings. The van der Waals surface area contributed by atoms with Gasteiger partial charge in [0.15, 0.2) is 0 Å². The van der Waals surface area contributed by atoms with Crippen LogP contribution in [0.5, 0.6) is 11.5 Å². The molecule has 0 aliphatic heterocycles. The molecule has 5 nitrogen and oxygen atoms in total. The van der Waals surface area contributed by atoms with E-state index in [9.17, 15) is 4.79 Å². The first-order valence-electron chi connectivity index (χ1n) is 9.05. The lowest BCUT2D eigenvalue weighted by atomic mass is 9.98. The van der Waals surface area contributed by atoms with Crippen LogP contribution in [0.3, 0.4) is 0 Å². The Morgan fingerprint density at radius 2 is 1.41 bits per heavy atom. The quantitative estimate of drug-likeness (QED) is 0.437. The van der Waals surface area contributed by atoms with Crippen LogP contribution >= 0.6 is 15.9 Å². The summed E-state index contributed by atoms with van der Waals surface area (Å²) in [6, 6.07) is 20.6. The minimum atomic E-state index is -0.333. The van der Waals surface area contributed by atoms with Crippen LogP contribution in [-0.4, -0.2) is 23.8 Å². The molecule has 0 saturated carbocycles. The first kappa shape index (κ1) is 19.2. The molecule has 1 aromatic heterocycles. The minimum Gasteiger partial charge on any atom is -0.497 e. The molecule has 0 bridgehead atoms. The fourth-order valence-corrected chi connectivity index (χ4v) is 3.73. The predicted molar refractivity (Wildman–Crippen MR) is 117 cm³/mol. The van der Waals surface area contributed by atoms with Crippen molar-refractivity contribution in [2.45, 2.75) is 6.04 Å². The van der Waals surface area contributed by atoms with Gasteiger partial charge in [-0.1, -0.05) is 40.2 Å². The zero-order valence-electron chi connectivity index (χ0n) is 16.0. The van der Waals surface area contributed by atoms with Gasteiger partial charge in [-0.25, -0.2) is 4.98 Å². The monoisotopic (exact) mass is 450 g/mol. The summed E-state index contributed by atoms with van der Waals surface area (Å²) in [5, 5.41) is 0.572. The van der Waals surface area contributed by atoms with E-state index in [4.69, 9.17) is 9.47 Å². The van der Waals surface area contributed by atoms with E-state index in [1.165, 1.54) is 0 Å². The van der Waals surface area contributed by atoms with Crippen molar-refractivity contribution in [3.8, 4) is 11.5 Å². The van der Waals surface area contributed by atoms with Crippen LogP contribution in [0.4, 0.5) is 0 Å². The normalized spacial score (nSPS) is 11.0. The molecule has 3 aromatic carbocycles. The summed E-state index contributed by atoms with van der Waals surface area (Å²) in [6.45, 7) is 0. The Bertz CT molecular complexity index is 1150. The molecule has 4 rings (SSSR count). The highest BCUT2D eigenvalue weighted by molar-refractivity contribution is 9.10. The van der Waals surface area contributed by atoms with E-state index < -0.39 is 0 Å². The van der Waals surface area contributed by atoms with Crippen molar-refractivity contribution in [2.24, 2.45) is 0 Å². The van der Waals surface area contributed by atoms with Gasteiger partial charge >= 0.3 is 0 Å². The number of hydrogen-bond donors (Lipinski definition) is 0. The zero-order valence-corrected chi connectivity index (χ0v) is 17.6. The highest BCUT2D eigenvalue weighted by Gasteiger charge is 2.19. The number of nitrogens with zero attached hydrogens (tertiary/aromatic N) is 2. The van der Waals surface area contributed by atoms with Crippen molar-refractivity contribution in [3.05, 3.63) is 99.0 Å². The number of rotatable bonds is 5. The number of benzene rings is 3. The van der Waals surface area contributed by atoms with E-state index in [0.29, 0.717) is 10.9 Å². The molecular formula is C23H19BrN2O3. The second-order valence-corrected chi connectivity index (χ2v) is 7.48. The van der Waals surface area contributed by atoms with Gasteiger partial charge in [-0.3, -0.25) is 9.36 Å². The van der Waals surface area contributed by atoms with Crippen molar-refractivity contribution in [1.82, 2.24) is 9.55 Å². The van der Waals surface area contributed by atoms with E-state index >= 15 is 0 Å². The Hall–Kier alpha value is -3.12. The van der Waals surface area contributed by atoms with E-state index in [2.05, 4.69) is 20.9 Å². The first-order valence-corrected chi connectivity index (χ1v) is 9.84. The summed E-state index contributed by atoms with van der Waals surface area (Å²) in [5.41, 5.74) is 2.47. The minimum absolute atomic E-state index is 0.0980. The van der Waals surface area contributed by atoms with Gasteiger partial charge in [-0.05, 0) is 53.6 Å². The lowest BCUT2D eigenvalue weighted by Gasteiger charge is -2.21. The third-order valence-corrected chi connectivity index (χ3v) is 5.38. The molecule has 6 heteroatoms. The number of fused-ring (bicyclic) bond motifs is 1. The number of ether oxygens (including phenoxy) is 2. The fraction of sp³-hybridized carbons (Fsp3) is 0.130. The molecule has 1 heterocycles. The third kappa shape index (κ3) is 3.76. The van der Waals surface area contributed by atoms with Crippen LogP contribution in [0.1, 0.15) is 17.2 Å². The Morgan fingerprint density at radius 1 is 0.862 bits per heavy atom. The van der Waals surface area contributed by atoms with Crippen LogP contribution < -0.4 is 15.0 Å². The standard InChI is InChI=1S/C23H19BrN2O3/c1-28-18-8-3-15(4-9-18)22(16-5-10-19(29-2)11-6-16)26-14-25-21-13-17(24)7-12-20(21)23(26)27/h3-14,22H,1-2H3. The summed E-state index contributed by atoms with van der Waals surface area (Å²) in [6.07, 6.45) is 1.61. The molecule has 0 amide bonds. The molecule has 0 saturated heterocycles. The molecule has 0 aliphatic rings. The van der Waals surface area contributed by atoms with Gasteiger partial charge in [0.05, 0.1) is 37.5 Å². The highest BCUT2D eigenvalue weighted by Crippen LogP contribution is 2.29. The molecule has 0 unspecified atom stereocenters. The fourth-order valence-electron chi connectivity index (χ4n) is 3.38. The van der Waals surface area contributed by atoms with E-state index in [1.807, 2.05) is 60.7 Å². The highest BCUT2D eigenvalue weighted by atomic mass is 79.9. The number of methoxy groups -OCH3 is 2. The first-order chi connectivity index (χ1) is 14.1. The van der Waals surface area contributed by atoms with Crippen molar-refractivity contribution in [2.75, 3.05) is 14.2 Å². The van der Waals surface area contributed by atoms with Gasteiger partial charge in [-0.2, -0.15) is 0 Å². The molecule has 0 atom stereocenters. The second-order valence-electron chi connectivity index (χ2n) is 6.57. The average molecular weight is 451 g/mol. The molecule has 0 radical (unpaired) electrons. The maximum atomic E-state index is 13.3. The van der Waals surface area contributed by atoms with Crippen LogP contribution in [0.15, 0.2) is 82.3 Å². The summed E-state index contributed by atoms with van der Waals surface area (Å²) in [5.74, 6) is 1.52. The lowest BCUT2D eigenvalue weighted by molar-refractivity contribution is 0.414. The lowest BCUT2D eigenvalue weighted by Crippen LogP contribution is -2.26. The van der Waals surface area contributed by atoms with Crippen molar-refractivity contribution < 1.29 is 9.47 Å². The third-order valence-electron chi connectivity index (χ3n) is 4.89. The summed E-state index contributed by atoms with van der Waals surface area (Å²) < 4.78 is 13.1. The predicted octanol–water partition coefficient (Wildman–Crippen LogP) is 4.81. The maximum Gasteiger partial charge on any atom is 0.262 e. The van der Waals surface area contributed by atoms with Crippen LogP contribution in [-0.2, 0) is 0 Å². The Kier molecular flexibility index (Phi) is 5.36. The topological polar surface area (TPSA) is 53.4 Å². The molecule has 4 aromatic rings. The number of hydrogen-bond acceptors (Lipinski definition) is 4. The zero-order chi connectivity index (χ0) is 20.4. The number of halogens is 1. The molecule has 29 heavy (non-hydrogen) atoms. The van der Waals surface area contributed by atoms with Gasteiger partial charge in [0.2, 0.25) is 0 Å². The van der Waals surface area contributed by atoms with Crippen molar-refractivity contribution >= 4 is 26.8 Å². The summed E-state index contributed by atoms with van der Waals surface area (Å²) >= 11 is 3.43. The van der Waals surface area contributed by atoms with Crippen molar-refractivity contribution in [3.63, 3.8) is 0 Å². The largest absolute Gasteiger partial charge is 0.497 e. The second kappa shape index (κ2) is 8.09. The van der Waals surface area contributed by atoms with Crippen molar-refractivity contribution in [1.29, 1.82) is 0 Å². The van der Waals surface area contributed by atoms with Crippen LogP contribution in [0.2, 0.25) is 0 Å². The average Bonchev–Trinajstić information content (AvgIpc) is 2.76. The summed E-state index contributed by atoms with van der Waals surface area (Å²) in [4.78, 5) is 17.9. The van der Waals surface area contributed by atoms with E-state index in [0.717, 1.165) is 27.1 Å². The molecular weight excluding hydrogens is 432 g/mol. The van der Waals surface area contributed by atoms with Gasteiger partial charge in [0.25, 0.3) is 5.56 Å². The maximum absolute atomic E-state index is 13.3. The Balaban J connectivity index is 1.91. The number of aromatic nitrogens is 2. The molecule has 0 N–H and O–H groups in total. The van der Waals surface area contributed by atoms with Gasteiger partial charge < -0.3 is 9.47 Å². The van der Waals surface area contributed by atoms with E-state index in [-0.39, 0.29) is 11.6 Å². The Morgan fingerprint density at radius 3 is 1.93 bits per heavy atom. The smallest absolute Gasteiger partial charge is 0.262 e. The van der Waals surface area contributed by atoms with Gasteiger partial charge in [0, 0.05) is 4.47 Å². The molecule has 0 spiro atoms. The van der Waals surface area contributed by atoms with Gasteiger partial charge in [-0.15, -0.1) is 0 Å². The van der Waals surface area contributed by atoms with Gasteiger partial charge in [0.1, 0.15) is 11.5 Å². The SMILES string of the molecule is COc1ccc(C(c2ccc(OC)cc2)n2cnc3cc(Br)ccc3c2=O)cc1. The summed E-state index contributed by atoms with van der Waals surface area (Å²) in [7, 11) is 3.26.